The summed E-state index contributed by atoms with van der Waals surface area (Å²) in [5.41, 5.74) is 0.942. The van der Waals surface area contributed by atoms with Gasteiger partial charge in [0.2, 0.25) is 6.19 Å². The summed E-state index contributed by atoms with van der Waals surface area (Å²) in [4.78, 5) is 40.3. The summed E-state index contributed by atoms with van der Waals surface area (Å²) in [6.45, 7) is 1.27. The molecule has 0 radical (unpaired) electrons. The SMILES string of the molecule is N#CN=C(c1ccccc1)N1CCN(C(=O)C(=O)c2c[nH]c3c(-n4ccnn4)ncc(F)c23)CC1. The Morgan fingerprint density at radius 2 is 1.86 bits per heavy atom. The molecule has 11 nitrogen and oxygen atoms in total. The molecule has 1 N–H and O–H groups in total. The first kappa shape index (κ1) is 21.9. The molecule has 1 aromatic carbocycles. The molecule has 0 unspecified atom stereocenters. The highest BCUT2D eigenvalue weighted by molar-refractivity contribution is 6.45. The van der Waals surface area contributed by atoms with Gasteiger partial charge in [-0.2, -0.15) is 10.3 Å². The first-order valence-corrected chi connectivity index (χ1v) is 10.7. The Kier molecular flexibility index (Phi) is 5.72. The van der Waals surface area contributed by atoms with Crippen LogP contribution in [0.25, 0.3) is 16.7 Å². The van der Waals surface area contributed by atoms with Gasteiger partial charge in [-0.15, -0.1) is 5.10 Å². The lowest BCUT2D eigenvalue weighted by Crippen LogP contribution is -2.52. The van der Waals surface area contributed by atoms with Crippen LogP contribution in [0.3, 0.4) is 0 Å². The highest BCUT2D eigenvalue weighted by Gasteiger charge is 2.31. The maximum Gasteiger partial charge on any atom is 0.295 e. The van der Waals surface area contributed by atoms with Gasteiger partial charge >= 0.3 is 0 Å². The van der Waals surface area contributed by atoms with Crippen molar-refractivity contribution in [3.05, 3.63) is 72.1 Å². The number of amides is 1. The number of aromatic amines is 1. The van der Waals surface area contributed by atoms with E-state index in [1.165, 1.54) is 28.2 Å². The molecule has 1 amide bonds. The van der Waals surface area contributed by atoms with Gasteiger partial charge in [-0.25, -0.2) is 14.1 Å². The number of pyridine rings is 1. The number of Topliss-reactive ketones (excluding diaryl/α,β-unsaturated/α-hetero) is 1. The van der Waals surface area contributed by atoms with Crippen LogP contribution in [0.15, 0.2) is 60.1 Å². The molecular formula is C23H18FN9O2. The molecule has 3 aromatic heterocycles. The number of H-pyrrole nitrogens is 1. The Bertz CT molecular complexity index is 1460. The summed E-state index contributed by atoms with van der Waals surface area (Å²) in [6, 6.07) is 9.28. The van der Waals surface area contributed by atoms with Crippen LogP contribution in [0.5, 0.6) is 0 Å². The second-order valence-corrected chi connectivity index (χ2v) is 7.74. The van der Waals surface area contributed by atoms with Crippen molar-refractivity contribution in [1.82, 2.24) is 34.8 Å². The van der Waals surface area contributed by atoms with E-state index in [2.05, 4.69) is 25.3 Å². The number of benzene rings is 1. The van der Waals surface area contributed by atoms with Crippen molar-refractivity contribution >= 4 is 28.4 Å². The predicted octanol–water partition coefficient (Wildman–Crippen LogP) is 1.54. The fourth-order valence-electron chi connectivity index (χ4n) is 4.10. The van der Waals surface area contributed by atoms with Gasteiger partial charge in [-0.05, 0) is 0 Å². The number of hydrogen-bond donors (Lipinski definition) is 1. The summed E-state index contributed by atoms with van der Waals surface area (Å²) >= 11 is 0. The molecule has 0 atom stereocenters. The number of ketones is 1. The molecule has 0 saturated carbocycles. The Hall–Kier alpha value is -4.92. The topological polar surface area (TPSA) is 136 Å². The molecule has 1 aliphatic rings. The molecule has 35 heavy (non-hydrogen) atoms. The Morgan fingerprint density at radius 3 is 2.54 bits per heavy atom. The lowest BCUT2D eigenvalue weighted by molar-refractivity contribution is -0.127. The van der Waals surface area contributed by atoms with Gasteiger partial charge in [-0.1, -0.05) is 35.5 Å². The number of nitrogens with zero attached hydrogens (tertiary/aromatic N) is 8. The van der Waals surface area contributed by atoms with Gasteiger partial charge in [0.05, 0.1) is 35.1 Å². The van der Waals surface area contributed by atoms with Crippen molar-refractivity contribution < 1.29 is 14.0 Å². The van der Waals surface area contributed by atoms with E-state index < -0.39 is 17.5 Å². The number of amidine groups is 1. The molecule has 0 spiro atoms. The Labute approximate surface area is 198 Å². The molecule has 1 saturated heterocycles. The maximum absolute atomic E-state index is 14.7. The molecule has 12 heteroatoms. The fraction of sp³-hybridized carbons (Fsp3) is 0.174. The number of carbonyl (C=O) groups excluding carboxylic acids is 2. The van der Waals surface area contributed by atoms with E-state index in [-0.39, 0.29) is 35.4 Å². The van der Waals surface area contributed by atoms with Crippen LogP contribution >= 0.6 is 0 Å². The number of piperazine rings is 1. The molecule has 174 valence electrons. The lowest BCUT2D eigenvalue weighted by atomic mass is 10.1. The number of aromatic nitrogens is 5. The van der Waals surface area contributed by atoms with Crippen LogP contribution in [0.1, 0.15) is 15.9 Å². The minimum absolute atomic E-state index is 0.0324. The van der Waals surface area contributed by atoms with Crippen LogP contribution in [-0.2, 0) is 4.79 Å². The average Bonchev–Trinajstić information content (AvgIpc) is 3.59. The number of rotatable bonds is 4. The fourth-order valence-corrected chi connectivity index (χ4v) is 4.10. The van der Waals surface area contributed by atoms with E-state index >= 15 is 0 Å². The second-order valence-electron chi connectivity index (χ2n) is 7.74. The van der Waals surface area contributed by atoms with Crippen LogP contribution in [-0.4, -0.2) is 78.5 Å². The van der Waals surface area contributed by atoms with E-state index in [1.54, 1.807) is 0 Å². The van der Waals surface area contributed by atoms with Crippen molar-refractivity contribution in [3.8, 4) is 12.0 Å². The third-order valence-electron chi connectivity index (χ3n) is 5.78. The molecule has 4 heterocycles. The molecule has 1 aliphatic heterocycles. The highest BCUT2D eigenvalue weighted by Crippen LogP contribution is 2.26. The molecular weight excluding hydrogens is 453 g/mol. The van der Waals surface area contributed by atoms with Crippen LogP contribution < -0.4 is 0 Å². The smallest absolute Gasteiger partial charge is 0.295 e. The number of fused-ring (bicyclic) bond motifs is 1. The first-order valence-electron chi connectivity index (χ1n) is 10.7. The van der Waals surface area contributed by atoms with Crippen molar-refractivity contribution in [1.29, 1.82) is 5.26 Å². The summed E-state index contributed by atoms with van der Waals surface area (Å²) in [5.74, 6) is -1.52. The minimum Gasteiger partial charge on any atom is -0.357 e. The average molecular weight is 471 g/mol. The summed E-state index contributed by atoms with van der Waals surface area (Å²) in [5, 5.41) is 16.7. The van der Waals surface area contributed by atoms with Gasteiger partial charge < -0.3 is 14.8 Å². The third kappa shape index (κ3) is 3.99. The predicted molar refractivity (Wildman–Crippen MR) is 122 cm³/mol. The third-order valence-corrected chi connectivity index (χ3v) is 5.78. The zero-order chi connectivity index (χ0) is 24.4. The minimum atomic E-state index is -0.826. The van der Waals surface area contributed by atoms with Gasteiger partial charge in [-0.3, -0.25) is 9.59 Å². The quantitative estimate of drug-likeness (QED) is 0.157. The van der Waals surface area contributed by atoms with Gasteiger partial charge in [0.15, 0.2) is 11.6 Å². The van der Waals surface area contributed by atoms with E-state index in [0.717, 1.165) is 11.8 Å². The van der Waals surface area contributed by atoms with Crippen molar-refractivity contribution in [2.75, 3.05) is 26.2 Å². The second kappa shape index (κ2) is 9.14. The van der Waals surface area contributed by atoms with Gasteiger partial charge in [0.25, 0.3) is 11.7 Å². The summed E-state index contributed by atoms with van der Waals surface area (Å²) in [6.07, 6.45) is 7.09. The number of aliphatic imine (C=N–C) groups is 1. The summed E-state index contributed by atoms with van der Waals surface area (Å²) in [7, 11) is 0. The molecule has 0 bridgehead atoms. The number of nitrogens with one attached hydrogen (secondary N) is 1. The largest absolute Gasteiger partial charge is 0.357 e. The monoisotopic (exact) mass is 471 g/mol. The van der Waals surface area contributed by atoms with E-state index in [1.807, 2.05) is 41.4 Å². The molecule has 1 fully saturated rings. The molecule has 4 aromatic rings. The van der Waals surface area contributed by atoms with Crippen molar-refractivity contribution in [2.24, 2.45) is 4.99 Å². The van der Waals surface area contributed by atoms with Crippen LogP contribution in [0, 0.1) is 17.3 Å². The number of hydrogen-bond acceptors (Lipinski definition) is 7. The van der Waals surface area contributed by atoms with Gasteiger partial charge in [0.1, 0.15) is 5.84 Å². The number of halogens is 1. The first-order chi connectivity index (χ1) is 17.1. The lowest BCUT2D eigenvalue weighted by Gasteiger charge is -2.35. The number of nitriles is 1. The van der Waals surface area contributed by atoms with Gasteiger partial charge in [0, 0.05) is 37.9 Å². The number of carbonyl (C=O) groups is 2. The molecule has 5 rings (SSSR count). The summed E-state index contributed by atoms with van der Waals surface area (Å²) < 4.78 is 16.0. The van der Waals surface area contributed by atoms with Crippen molar-refractivity contribution in [2.45, 2.75) is 0 Å². The van der Waals surface area contributed by atoms with Crippen LogP contribution in [0.4, 0.5) is 4.39 Å². The standard InChI is InChI=1S/C23H18FN9O2/c24-17-13-27-22(33-7-6-29-30-33)19-18(17)16(12-26-19)20(34)23(35)32-10-8-31(9-11-32)21(28-14-25)15-4-2-1-3-5-15/h1-7,12-13,26H,8-11H2. The zero-order valence-corrected chi connectivity index (χ0v) is 18.3. The van der Waals surface area contributed by atoms with Crippen molar-refractivity contribution in [3.63, 3.8) is 0 Å². The van der Waals surface area contributed by atoms with E-state index in [4.69, 9.17) is 5.26 Å². The Balaban J connectivity index is 1.35. The highest BCUT2D eigenvalue weighted by atomic mass is 19.1. The maximum atomic E-state index is 14.7. The molecule has 0 aliphatic carbocycles. The normalized spacial score (nSPS) is 14.2. The van der Waals surface area contributed by atoms with E-state index in [9.17, 15) is 14.0 Å². The Morgan fingerprint density at radius 1 is 1.11 bits per heavy atom. The zero-order valence-electron chi connectivity index (χ0n) is 18.3. The van der Waals surface area contributed by atoms with E-state index in [0.29, 0.717) is 18.9 Å². The van der Waals surface area contributed by atoms with Crippen LogP contribution in [0.2, 0.25) is 0 Å².